The Morgan fingerprint density at radius 3 is 2.44 bits per heavy atom. The van der Waals surface area contributed by atoms with Crippen LogP contribution in [0.2, 0.25) is 5.02 Å². The van der Waals surface area contributed by atoms with Crippen molar-refractivity contribution >= 4 is 11.6 Å². The largest absolute Gasteiger partial charge is 0.488 e. The van der Waals surface area contributed by atoms with Crippen molar-refractivity contribution in [1.82, 2.24) is 0 Å². The lowest BCUT2D eigenvalue weighted by molar-refractivity contribution is 0.0596. The summed E-state index contributed by atoms with van der Waals surface area (Å²) in [5.41, 5.74) is 6.68. The van der Waals surface area contributed by atoms with Gasteiger partial charge in [-0.05, 0) is 39.0 Å². The molecule has 0 saturated heterocycles. The van der Waals surface area contributed by atoms with Gasteiger partial charge in [0.15, 0.2) is 0 Å². The first-order valence-corrected chi connectivity index (χ1v) is 5.69. The minimum atomic E-state index is -0.531. The SMILES string of the molecule is CC(O)C(C)Oc1ccc(Cl)cc1[C@H](C)N. The van der Waals surface area contributed by atoms with Gasteiger partial charge in [0, 0.05) is 16.6 Å². The van der Waals surface area contributed by atoms with Crippen LogP contribution >= 0.6 is 11.6 Å². The van der Waals surface area contributed by atoms with Crippen LogP contribution in [-0.4, -0.2) is 17.3 Å². The molecule has 0 bridgehead atoms. The molecule has 16 heavy (non-hydrogen) atoms. The van der Waals surface area contributed by atoms with Crippen LogP contribution in [0.15, 0.2) is 18.2 Å². The van der Waals surface area contributed by atoms with E-state index in [0.29, 0.717) is 10.8 Å². The summed E-state index contributed by atoms with van der Waals surface area (Å²) in [7, 11) is 0. The minimum Gasteiger partial charge on any atom is -0.488 e. The smallest absolute Gasteiger partial charge is 0.124 e. The lowest BCUT2D eigenvalue weighted by Crippen LogP contribution is -2.26. The van der Waals surface area contributed by atoms with Crippen molar-refractivity contribution in [2.45, 2.75) is 39.0 Å². The second kappa shape index (κ2) is 5.53. The number of aliphatic hydroxyl groups excluding tert-OH is 1. The molecule has 0 spiro atoms. The number of hydrogen-bond acceptors (Lipinski definition) is 3. The van der Waals surface area contributed by atoms with Crippen LogP contribution in [0.4, 0.5) is 0 Å². The van der Waals surface area contributed by atoms with Gasteiger partial charge in [-0.1, -0.05) is 11.6 Å². The van der Waals surface area contributed by atoms with E-state index in [0.717, 1.165) is 5.56 Å². The summed E-state index contributed by atoms with van der Waals surface area (Å²) in [5, 5.41) is 10.0. The maximum Gasteiger partial charge on any atom is 0.124 e. The van der Waals surface area contributed by atoms with E-state index in [4.69, 9.17) is 22.1 Å². The van der Waals surface area contributed by atoms with E-state index in [-0.39, 0.29) is 12.1 Å². The Morgan fingerprint density at radius 1 is 1.31 bits per heavy atom. The first-order chi connectivity index (χ1) is 7.41. The van der Waals surface area contributed by atoms with Gasteiger partial charge in [-0.3, -0.25) is 0 Å². The standard InChI is InChI=1S/C12H18ClNO2/c1-7(14)11-6-10(13)4-5-12(11)16-9(3)8(2)15/h4-9,15H,14H2,1-3H3/t7-,8?,9?/m0/s1. The zero-order valence-corrected chi connectivity index (χ0v) is 10.5. The monoisotopic (exact) mass is 243 g/mol. The van der Waals surface area contributed by atoms with Crippen LogP contribution in [0.5, 0.6) is 5.75 Å². The summed E-state index contributed by atoms with van der Waals surface area (Å²) in [5.74, 6) is 0.674. The molecule has 0 aliphatic rings. The van der Waals surface area contributed by atoms with Gasteiger partial charge in [0.1, 0.15) is 11.9 Å². The van der Waals surface area contributed by atoms with Crippen molar-refractivity contribution in [2.75, 3.05) is 0 Å². The Balaban J connectivity index is 2.95. The molecule has 1 rings (SSSR count). The van der Waals surface area contributed by atoms with E-state index < -0.39 is 6.10 Å². The van der Waals surface area contributed by atoms with Crippen LogP contribution < -0.4 is 10.5 Å². The Hall–Kier alpha value is -0.770. The topological polar surface area (TPSA) is 55.5 Å². The number of nitrogens with two attached hydrogens (primary N) is 1. The molecule has 3 nitrogen and oxygen atoms in total. The lowest BCUT2D eigenvalue weighted by Gasteiger charge is -2.21. The average molecular weight is 244 g/mol. The van der Waals surface area contributed by atoms with E-state index in [1.807, 2.05) is 13.8 Å². The normalized spacial score (nSPS) is 16.6. The number of aliphatic hydroxyl groups is 1. The Labute approximate surface area is 101 Å². The van der Waals surface area contributed by atoms with Crippen LogP contribution in [0, 0.1) is 0 Å². The van der Waals surface area contributed by atoms with Gasteiger partial charge in [0.2, 0.25) is 0 Å². The predicted molar refractivity (Wildman–Crippen MR) is 65.8 cm³/mol. The van der Waals surface area contributed by atoms with Crippen molar-refractivity contribution < 1.29 is 9.84 Å². The highest BCUT2D eigenvalue weighted by atomic mass is 35.5. The van der Waals surface area contributed by atoms with Crippen LogP contribution in [0.1, 0.15) is 32.4 Å². The van der Waals surface area contributed by atoms with Gasteiger partial charge in [-0.25, -0.2) is 0 Å². The van der Waals surface area contributed by atoms with E-state index in [2.05, 4.69) is 0 Å². The van der Waals surface area contributed by atoms with Crippen molar-refractivity contribution in [2.24, 2.45) is 5.73 Å². The van der Waals surface area contributed by atoms with Crippen molar-refractivity contribution in [3.8, 4) is 5.75 Å². The Bertz CT molecular complexity index is 353. The van der Waals surface area contributed by atoms with E-state index >= 15 is 0 Å². The number of hydrogen-bond donors (Lipinski definition) is 2. The first-order valence-electron chi connectivity index (χ1n) is 5.31. The zero-order valence-electron chi connectivity index (χ0n) is 9.77. The van der Waals surface area contributed by atoms with Gasteiger partial charge in [0.25, 0.3) is 0 Å². The molecule has 0 saturated carbocycles. The highest BCUT2D eigenvalue weighted by Crippen LogP contribution is 2.28. The van der Waals surface area contributed by atoms with Gasteiger partial charge in [-0.15, -0.1) is 0 Å². The zero-order chi connectivity index (χ0) is 12.3. The molecule has 2 unspecified atom stereocenters. The van der Waals surface area contributed by atoms with Crippen LogP contribution in [-0.2, 0) is 0 Å². The molecule has 90 valence electrons. The molecule has 1 aromatic carbocycles. The van der Waals surface area contributed by atoms with Crippen LogP contribution in [0.3, 0.4) is 0 Å². The third kappa shape index (κ3) is 3.37. The molecule has 0 radical (unpaired) electrons. The summed E-state index contributed by atoms with van der Waals surface area (Å²) in [6.07, 6.45) is -0.810. The first kappa shape index (κ1) is 13.3. The fraction of sp³-hybridized carbons (Fsp3) is 0.500. The van der Waals surface area contributed by atoms with E-state index in [9.17, 15) is 5.11 Å². The third-order valence-corrected chi connectivity index (χ3v) is 2.69. The Kier molecular flexibility index (Phi) is 4.59. The van der Waals surface area contributed by atoms with Crippen molar-refractivity contribution in [3.05, 3.63) is 28.8 Å². The van der Waals surface area contributed by atoms with E-state index in [1.165, 1.54) is 0 Å². The fourth-order valence-corrected chi connectivity index (χ4v) is 1.46. The van der Waals surface area contributed by atoms with Gasteiger partial charge >= 0.3 is 0 Å². The second-order valence-corrected chi connectivity index (χ2v) is 4.47. The average Bonchev–Trinajstić information content (AvgIpc) is 2.20. The minimum absolute atomic E-state index is 0.158. The molecule has 0 aliphatic carbocycles. The third-order valence-electron chi connectivity index (χ3n) is 2.45. The molecule has 0 aliphatic heterocycles. The van der Waals surface area contributed by atoms with Gasteiger partial charge in [-0.2, -0.15) is 0 Å². The summed E-state index contributed by atoms with van der Waals surface area (Å²) in [6, 6.07) is 5.16. The number of benzene rings is 1. The van der Waals surface area contributed by atoms with Crippen molar-refractivity contribution in [1.29, 1.82) is 0 Å². The molecular weight excluding hydrogens is 226 g/mol. The number of halogens is 1. The number of ether oxygens (including phenoxy) is 1. The molecule has 3 N–H and O–H groups in total. The summed E-state index contributed by atoms with van der Waals surface area (Å²) >= 11 is 5.90. The molecular formula is C12H18ClNO2. The quantitative estimate of drug-likeness (QED) is 0.854. The summed E-state index contributed by atoms with van der Waals surface area (Å²) < 4.78 is 5.63. The van der Waals surface area contributed by atoms with Gasteiger partial charge < -0.3 is 15.6 Å². The fourth-order valence-electron chi connectivity index (χ4n) is 1.28. The maximum absolute atomic E-state index is 9.38. The lowest BCUT2D eigenvalue weighted by atomic mass is 10.1. The van der Waals surface area contributed by atoms with Gasteiger partial charge in [0.05, 0.1) is 6.10 Å². The molecule has 0 heterocycles. The molecule has 0 amide bonds. The maximum atomic E-state index is 9.38. The van der Waals surface area contributed by atoms with Crippen LogP contribution in [0.25, 0.3) is 0 Å². The summed E-state index contributed by atoms with van der Waals surface area (Å²) in [6.45, 7) is 5.36. The molecule has 0 aromatic heterocycles. The predicted octanol–water partition coefficient (Wildman–Crippen LogP) is 2.51. The molecule has 0 fully saturated rings. The second-order valence-electron chi connectivity index (χ2n) is 4.03. The molecule has 3 atom stereocenters. The highest BCUT2D eigenvalue weighted by molar-refractivity contribution is 6.30. The van der Waals surface area contributed by atoms with Crippen molar-refractivity contribution in [3.63, 3.8) is 0 Å². The Morgan fingerprint density at radius 2 is 1.94 bits per heavy atom. The van der Waals surface area contributed by atoms with E-state index in [1.54, 1.807) is 25.1 Å². The number of rotatable bonds is 4. The molecule has 1 aromatic rings. The molecule has 4 heteroatoms. The highest BCUT2D eigenvalue weighted by Gasteiger charge is 2.14. The summed E-state index contributed by atoms with van der Waals surface area (Å²) in [4.78, 5) is 0.